The maximum Gasteiger partial charge on any atom is 0.338 e. The molecule has 0 bridgehead atoms. The quantitative estimate of drug-likeness (QED) is 0.689. The number of hydrogen-bond donors (Lipinski definition) is 2. The van der Waals surface area contributed by atoms with Crippen LogP contribution in [0.2, 0.25) is 0 Å². The largest absolute Gasteiger partial charge is 0.452 e. The molecule has 26 heavy (non-hydrogen) atoms. The minimum atomic E-state index is -3.55. The van der Waals surface area contributed by atoms with E-state index >= 15 is 0 Å². The zero-order valence-electron chi connectivity index (χ0n) is 14.4. The lowest BCUT2D eigenvalue weighted by molar-refractivity contribution is -0.123. The summed E-state index contributed by atoms with van der Waals surface area (Å²) in [5.74, 6) is -1.56. The van der Waals surface area contributed by atoms with Crippen molar-refractivity contribution in [3.8, 4) is 0 Å². The van der Waals surface area contributed by atoms with Gasteiger partial charge in [-0.15, -0.1) is 0 Å². The number of rotatable bonds is 6. The normalized spacial score (nSPS) is 14.7. The Hall–Kier alpha value is -2.46. The fourth-order valence-electron chi connectivity index (χ4n) is 2.42. The van der Waals surface area contributed by atoms with Gasteiger partial charge in [0.2, 0.25) is 10.0 Å². The van der Waals surface area contributed by atoms with Gasteiger partial charge < -0.3 is 10.1 Å². The van der Waals surface area contributed by atoms with Gasteiger partial charge in [-0.1, -0.05) is 0 Å². The van der Waals surface area contributed by atoms with Crippen LogP contribution in [0.4, 0.5) is 4.79 Å². The van der Waals surface area contributed by atoms with Crippen LogP contribution in [0.25, 0.3) is 0 Å². The van der Waals surface area contributed by atoms with Crippen molar-refractivity contribution in [3.63, 3.8) is 0 Å². The Kier molecular flexibility index (Phi) is 6.70. The Morgan fingerprint density at radius 3 is 2.31 bits per heavy atom. The zero-order chi connectivity index (χ0) is 19.2. The standard InChI is InChI=1S/C16H21N3O6S/c1-2-17-16(22)18-14(20)11-25-15(21)12-5-7-13(8-6-12)26(23,24)19-9-3-4-10-19/h5-8H,2-4,9-11H2,1H3,(H2,17,18,20,22). The second-order valence-corrected chi connectivity index (χ2v) is 7.56. The number of nitrogens with one attached hydrogen (secondary N) is 2. The van der Waals surface area contributed by atoms with E-state index in [0.717, 1.165) is 12.8 Å². The number of nitrogens with zero attached hydrogens (tertiary/aromatic N) is 1. The first-order valence-electron chi connectivity index (χ1n) is 8.19. The van der Waals surface area contributed by atoms with Gasteiger partial charge in [0.25, 0.3) is 5.91 Å². The highest BCUT2D eigenvalue weighted by Crippen LogP contribution is 2.21. The number of hydrogen-bond acceptors (Lipinski definition) is 6. The molecule has 0 spiro atoms. The summed E-state index contributed by atoms with van der Waals surface area (Å²) in [6, 6.07) is 4.64. The van der Waals surface area contributed by atoms with Crippen LogP contribution in [-0.2, 0) is 19.6 Å². The van der Waals surface area contributed by atoms with Crippen LogP contribution < -0.4 is 10.6 Å². The summed E-state index contributed by atoms with van der Waals surface area (Å²) in [6.45, 7) is 2.41. The minimum Gasteiger partial charge on any atom is -0.452 e. The van der Waals surface area contributed by atoms with E-state index in [0.29, 0.717) is 19.6 Å². The fourth-order valence-corrected chi connectivity index (χ4v) is 3.94. The highest BCUT2D eigenvalue weighted by Gasteiger charge is 2.27. The van der Waals surface area contributed by atoms with Gasteiger partial charge in [0, 0.05) is 19.6 Å². The van der Waals surface area contributed by atoms with Crippen molar-refractivity contribution in [2.45, 2.75) is 24.7 Å². The van der Waals surface area contributed by atoms with E-state index in [1.807, 2.05) is 5.32 Å². The SMILES string of the molecule is CCNC(=O)NC(=O)COC(=O)c1ccc(S(=O)(=O)N2CCCC2)cc1. The van der Waals surface area contributed by atoms with Crippen molar-refractivity contribution >= 4 is 27.9 Å². The topological polar surface area (TPSA) is 122 Å². The number of urea groups is 1. The lowest BCUT2D eigenvalue weighted by atomic mass is 10.2. The summed E-state index contributed by atoms with van der Waals surface area (Å²) in [7, 11) is -3.55. The molecule has 0 aliphatic carbocycles. The Morgan fingerprint density at radius 1 is 1.12 bits per heavy atom. The van der Waals surface area contributed by atoms with E-state index < -0.39 is 34.5 Å². The average Bonchev–Trinajstić information content (AvgIpc) is 3.15. The molecule has 2 N–H and O–H groups in total. The molecule has 142 valence electrons. The molecule has 1 heterocycles. The molecule has 2 rings (SSSR count). The van der Waals surface area contributed by atoms with Gasteiger partial charge >= 0.3 is 12.0 Å². The van der Waals surface area contributed by atoms with Crippen LogP contribution in [0.3, 0.4) is 0 Å². The number of imide groups is 1. The maximum atomic E-state index is 12.4. The van der Waals surface area contributed by atoms with Crippen molar-refractivity contribution in [2.24, 2.45) is 0 Å². The molecule has 1 aliphatic rings. The monoisotopic (exact) mass is 383 g/mol. The molecule has 0 radical (unpaired) electrons. The molecule has 1 aromatic rings. The van der Waals surface area contributed by atoms with Crippen LogP contribution >= 0.6 is 0 Å². The lowest BCUT2D eigenvalue weighted by Gasteiger charge is -2.15. The highest BCUT2D eigenvalue weighted by molar-refractivity contribution is 7.89. The van der Waals surface area contributed by atoms with Crippen LogP contribution in [0.15, 0.2) is 29.2 Å². The number of ether oxygens (including phenoxy) is 1. The summed E-state index contributed by atoms with van der Waals surface area (Å²) in [4.78, 5) is 34.6. The molecule has 9 nitrogen and oxygen atoms in total. The second-order valence-electron chi connectivity index (χ2n) is 5.62. The van der Waals surface area contributed by atoms with Crippen LogP contribution in [0, 0.1) is 0 Å². The van der Waals surface area contributed by atoms with Gasteiger partial charge in [0.1, 0.15) is 0 Å². The van der Waals surface area contributed by atoms with E-state index in [4.69, 9.17) is 4.74 Å². The second kappa shape index (κ2) is 8.77. The Bertz CT molecular complexity index is 770. The van der Waals surface area contributed by atoms with E-state index in [9.17, 15) is 22.8 Å². The minimum absolute atomic E-state index is 0.102. The highest BCUT2D eigenvalue weighted by atomic mass is 32.2. The van der Waals surface area contributed by atoms with Crippen LogP contribution in [-0.4, -0.2) is 56.9 Å². The van der Waals surface area contributed by atoms with Crippen LogP contribution in [0.5, 0.6) is 0 Å². The molecule has 1 saturated heterocycles. The predicted octanol–water partition coefficient (Wildman–Crippen LogP) is 0.474. The molecule has 10 heteroatoms. The first-order valence-corrected chi connectivity index (χ1v) is 9.63. The van der Waals surface area contributed by atoms with Crippen LogP contribution in [0.1, 0.15) is 30.1 Å². The first-order chi connectivity index (χ1) is 12.3. The molecule has 0 aromatic heterocycles. The lowest BCUT2D eigenvalue weighted by Crippen LogP contribution is -2.41. The molecule has 0 atom stereocenters. The molecular weight excluding hydrogens is 362 g/mol. The number of carbonyl (C=O) groups is 3. The molecule has 3 amide bonds. The Labute approximate surface area is 151 Å². The molecule has 0 unspecified atom stereocenters. The van der Waals surface area contributed by atoms with E-state index in [1.54, 1.807) is 6.92 Å². The number of benzene rings is 1. The summed E-state index contributed by atoms with van der Waals surface area (Å²) in [5.41, 5.74) is 0.108. The number of sulfonamides is 1. The Balaban J connectivity index is 1.92. The summed E-state index contributed by atoms with van der Waals surface area (Å²) in [6.07, 6.45) is 1.67. The first kappa shape index (κ1) is 19.9. The van der Waals surface area contributed by atoms with Gasteiger partial charge in [0.05, 0.1) is 10.5 Å². The van der Waals surface area contributed by atoms with E-state index in [-0.39, 0.29) is 10.5 Å². The van der Waals surface area contributed by atoms with Gasteiger partial charge in [0.15, 0.2) is 6.61 Å². The number of carbonyl (C=O) groups excluding carboxylic acids is 3. The molecule has 1 aromatic carbocycles. The third-order valence-electron chi connectivity index (χ3n) is 3.72. The molecular formula is C16H21N3O6S. The number of amides is 3. The molecule has 1 aliphatic heterocycles. The molecule has 0 saturated carbocycles. The number of esters is 1. The predicted molar refractivity (Wildman–Crippen MR) is 91.9 cm³/mol. The van der Waals surface area contributed by atoms with Crippen molar-refractivity contribution in [1.29, 1.82) is 0 Å². The van der Waals surface area contributed by atoms with Crippen molar-refractivity contribution < 1.29 is 27.5 Å². The molecule has 1 fully saturated rings. The summed E-state index contributed by atoms with van der Waals surface area (Å²) < 4.78 is 31.0. The maximum absolute atomic E-state index is 12.4. The van der Waals surface area contributed by atoms with E-state index in [2.05, 4.69) is 5.32 Å². The van der Waals surface area contributed by atoms with Gasteiger partial charge in [-0.25, -0.2) is 18.0 Å². The summed E-state index contributed by atoms with van der Waals surface area (Å²) >= 11 is 0. The third-order valence-corrected chi connectivity index (χ3v) is 5.63. The zero-order valence-corrected chi connectivity index (χ0v) is 15.2. The van der Waals surface area contributed by atoms with Crippen molar-refractivity contribution in [2.75, 3.05) is 26.2 Å². The summed E-state index contributed by atoms with van der Waals surface area (Å²) in [5, 5.41) is 4.36. The van der Waals surface area contributed by atoms with Crippen molar-refractivity contribution in [1.82, 2.24) is 14.9 Å². The smallest absolute Gasteiger partial charge is 0.338 e. The Morgan fingerprint density at radius 2 is 1.73 bits per heavy atom. The van der Waals surface area contributed by atoms with Gasteiger partial charge in [-0.05, 0) is 44.0 Å². The van der Waals surface area contributed by atoms with E-state index in [1.165, 1.54) is 28.6 Å². The average molecular weight is 383 g/mol. The van der Waals surface area contributed by atoms with Crippen molar-refractivity contribution in [3.05, 3.63) is 29.8 Å². The fraction of sp³-hybridized carbons (Fsp3) is 0.438. The van der Waals surface area contributed by atoms with Gasteiger partial charge in [-0.2, -0.15) is 4.31 Å². The van der Waals surface area contributed by atoms with Gasteiger partial charge in [-0.3, -0.25) is 10.1 Å². The third kappa shape index (κ3) is 5.02.